The SMILES string of the molecule is O=CN1CCC(=O)N2CCC[C@@H]2CC1. The summed E-state index contributed by atoms with van der Waals surface area (Å²) < 4.78 is 0. The van der Waals surface area contributed by atoms with Gasteiger partial charge in [-0.1, -0.05) is 0 Å². The van der Waals surface area contributed by atoms with E-state index in [1.807, 2.05) is 4.90 Å². The highest BCUT2D eigenvalue weighted by atomic mass is 16.2. The van der Waals surface area contributed by atoms with Gasteiger partial charge in [-0.05, 0) is 19.3 Å². The van der Waals surface area contributed by atoms with E-state index >= 15 is 0 Å². The first-order chi connectivity index (χ1) is 6.81. The first-order valence-electron chi connectivity index (χ1n) is 5.30. The van der Waals surface area contributed by atoms with E-state index in [1.54, 1.807) is 4.90 Å². The standard InChI is InChI=1S/C10H16N2O2/c13-8-11-6-3-9-2-1-5-12(9)10(14)4-7-11/h8-9H,1-7H2/t9-/m1/s1. The third kappa shape index (κ3) is 1.74. The molecule has 2 aliphatic rings. The molecule has 0 radical (unpaired) electrons. The summed E-state index contributed by atoms with van der Waals surface area (Å²) in [5.74, 6) is 0.221. The lowest BCUT2D eigenvalue weighted by molar-refractivity contribution is -0.134. The van der Waals surface area contributed by atoms with Crippen LogP contribution in [0.25, 0.3) is 0 Å². The Balaban J connectivity index is 2.03. The second-order valence-corrected chi connectivity index (χ2v) is 4.06. The van der Waals surface area contributed by atoms with Crippen LogP contribution >= 0.6 is 0 Å². The highest BCUT2D eigenvalue weighted by Crippen LogP contribution is 2.22. The van der Waals surface area contributed by atoms with Gasteiger partial charge in [-0.3, -0.25) is 9.59 Å². The Bertz CT molecular complexity index is 242. The fourth-order valence-electron chi connectivity index (χ4n) is 2.38. The predicted molar refractivity (Wildman–Crippen MR) is 51.6 cm³/mol. The Kier molecular flexibility index (Phi) is 2.70. The maximum atomic E-state index is 11.7. The number of fused-ring (bicyclic) bond motifs is 1. The zero-order valence-corrected chi connectivity index (χ0v) is 8.32. The van der Waals surface area contributed by atoms with E-state index in [0.717, 1.165) is 38.8 Å². The summed E-state index contributed by atoms with van der Waals surface area (Å²) in [5, 5.41) is 0. The minimum absolute atomic E-state index is 0.221. The minimum Gasteiger partial charge on any atom is -0.345 e. The minimum atomic E-state index is 0.221. The highest BCUT2D eigenvalue weighted by molar-refractivity contribution is 5.77. The molecule has 0 spiro atoms. The molecule has 4 nitrogen and oxygen atoms in total. The molecule has 4 heteroatoms. The molecule has 0 N–H and O–H groups in total. The summed E-state index contributed by atoms with van der Waals surface area (Å²) in [6, 6.07) is 0.394. The first-order valence-corrected chi connectivity index (χ1v) is 5.30. The molecule has 0 aliphatic carbocycles. The van der Waals surface area contributed by atoms with Gasteiger partial charge in [0.25, 0.3) is 0 Å². The first kappa shape index (κ1) is 9.49. The van der Waals surface area contributed by atoms with E-state index in [4.69, 9.17) is 0 Å². The summed E-state index contributed by atoms with van der Waals surface area (Å²) in [4.78, 5) is 26.0. The number of carbonyl (C=O) groups excluding carboxylic acids is 2. The van der Waals surface area contributed by atoms with Crippen molar-refractivity contribution in [3.8, 4) is 0 Å². The third-order valence-corrected chi connectivity index (χ3v) is 3.21. The van der Waals surface area contributed by atoms with Gasteiger partial charge in [-0.15, -0.1) is 0 Å². The molecule has 14 heavy (non-hydrogen) atoms. The maximum Gasteiger partial charge on any atom is 0.224 e. The van der Waals surface area contributed by atoms with Crippen LogP contribution in [0.2, 0.25) is 0 Å². The molecule has 0 bridgehead atoms. The second-order valence-electron chi connectivity index (χ2n) is 4.06. The molecule has 2 heterocycles. The van der Waals surface area contributed by atoms with Crippen LogP contribution in [0.15, 0.2) is 0 Å². The number of hydrogen-bond donors (Lipinski definition) is 0. The topological polar surface area (TPSA) is 40.6 Å². The van der Waals surface area contributed by atoms with E-state index in [-0.39, 0.29) is 5.91 Å². The molecule has 0 aromatic rings. The lowest BCUT2D eigenvalue weighted by Crippen LogP contribution is -2.42. The maximum absolute atomic E-state index is 11.7. The quantitative estimate of drug-likeness (QED) is 0.563. The van der Waals surface area contributed by atoms with E-state index in [2.05, 4.69) is 0 Å². The molecule has 0 saturated carbocycles. The Morgan fingerprint density at radius 1 is 1.21 bits per heavy atom. The monoisotopic (exact) mass is 196 g/mol. The van der Waals surface area contributed by atoms with Crippen LogP contribution in [0.5, 0.6) is 0 Å². The lowest BCUT2D eigenvalue weighted by atomic mass is 10.1. The van der Waals surface area contributed by atoms with E-state index < -0.39 is 0 Å². The van der Waals surface area contributed by atoms with Gasteiger partial charge in [0.05, 0.1) is 0 Å². The average molecular weight is 196 g/mol. The predicted octanol–water partition coefficient (Wildman–Crippen LogP) is 0.230. The summed E-state index contributed by atoms with van der Waals surface area (Å²) >= 11 is 0. The molecule has 2 saturated heterocycles. The van der Waals surface area contributed by atoms with Crippen LogP contribution in [-0.2, 0) is 9.59 Å². The Morgan fingerprint density at radius 2 is 2.07 bits per heavy atom. The van der Waals surface area contributed by atoms with Crippen molar-refractivity contribution in [3.63, 3.8) is 0 Å². The third-order valence-electron chi connectivity index (χ3n) is 3.21. The largest absolute Gasteiger partial charge is 0.345 e. The number of carbonyl (C=O) groups is 2. The van der Waals surface area contributed by atoms with Crippen LogP contribution in [-0.4, -0.2) is 47.8 Å². The van der Waals surface area contributed by atoms with Gasteiger partial charge >= 0.3 is 0 Å². The molecule has 2 fully saturated rings. The van der Waals surface area contributed by atoms with Crippen LogP contribution < -0.4 is 0 Å². The van der Waals surface area contributed by atoms with Gasteiger partial charge < -0.3 is 9.80 Å². The summed E-state index contributed by atoms with van der Waals surface area (Å²) in [7, 11) is 0. The second kappa shape index (κ2) is 3.98. The van der Waals surface area contributed by atoms with E-state index in [9.17, 15) is 9.59 Å². The molecule has 78 valence electrons. The van der Waals surface area contributed by atoms with Crippen molar-refractivity contribution in [2.24, 2.45) is 0 Å². The van der Waals surface area contributed by atoms with Crippen molar-refractivity contribution in [3.05, 3.63) is 0 Å². The zero-order chi connectivity index (χ0) is 9.97. The number of amides is 2. The van der Waals surface area contributed by atoms with Gasteiger partial charge in [-0.25, -0.2) is 0 Å². The zero-order valence-electron chi connectivity index (χ0n) is 8.32. The Labute approximate surface area is 83.9 Å². The fraction of sp³-hybridized carbons (Fsp3) is 0.800. The van der Waals surface area contributed by atoms with Gasteiger partial charge in [0, 0.05) is 32.1 Å². The Morgan fingerprint density at radius 3 is 2.86 bits per heavy atom. The van der Waals surface area contributed by atoms with Gasteiger partial charge in [-0.2, -0.15) is 0 Å². The van der Waals surface area contributed by atoms with Crippen molar-refractivity contribution >= 4 is 12.3 Å². The van der Waals surface area contributed by atoms with Crippen LogP contribution in [0.4, 0.5) is 0 Å². The molecular weight excluding hydrogens is 180 g/mol. The highest BCUT2D eigenvalue weighted by Gasteiger charge is 2.30. The summed E-state index contributed by atoms with van der Waals surface area (Å²) in [6.07, 6.45) is 4.54. The van der Waals surface area contributed by atoms with Crippen molar-refractivity contribution in [1.82, 2.24) is 9.80 Å². The molecule has 2 amide bonds. The molecule has 1 atom stereocenters. The smallest absolute Gasteiger partial charge is 0.224 e. The van der Waals surface area contributed by atoms with E-state index in [1.165, 1.54) is 0 Å². The summed E-state index contributed by atoms with van der Waals surface area (Å²) in [5.41, 5.74) is 0. The lowest BCUT2D eigenvalue weighted by Gasteiger charge is -2.30. The fourth-order valence-corrected chi connectivity index (χ4v) is 2.38. The van der Waals surface area contributed by atoms with Gasteiger partial charge in [0.1, 0.15) is 0 Å². The average Bonchev–Trinajstić information content (AvgIpc) is 2.63. The molecule has 0 aromatic heterocycles. The molecule has 2 rings (SSSR count). The van der Waals surface area contributed by atoms with Crippen molar-refractivity contribution in [1.29, 1.82) is 0 Å². The normalized spacial score (nSPS) is 28.3. The summed E-state index contributed by atoms with van der Waals surface area (Å²) in [6.45, 7) is 2.31. The Hall–Kier alpha value is -1.06. The van der Waals surface area contributed by atoms with Crippen LogP contribution in [0, 0.1) is 0 Å². The van der Waals surface area contributed by atoms with Crippen LogP contribution in [0.1, 0.15) is 25.7 Å². The number of nitrogens with zero attached hydrogens (tertiary/aromatic N) is 2. The van der Waals surface area contributed by atoms with Gasteiger partial charge in [0.15, 0.2) is 0 Å². The molecular formula is C10H16N2O2. The van der Waals surface area contributed by atoms with Crippen LogP contribution in [0.3, 0.4) is 0 Å². The molecule has 2 aliphatic heterocycles. The number of hydrogen-bond acceptors (Lipinski definition) is 2. The molecule has 0 aromatic carbocycles. The van der Waals surface area contributed by atoms with Crippen molar-refractivity contribution in [2.45, 2.75) is 31.7 Å². The van der Waals surface area contributed by atoms with Crippen molar-refractivity contribution in [2.75, 3.05) is 19.6 Å². The number of rotatable bonds is 1. The molecule has 0 unspecified atom stereocenters. The van der Waals surface area contributed by atoms with Gasteiger partial charge in [0.2, 0.25) is 12.3 Å². The van der Waals surface area contributed by atoms with E-state index in [0.29, 0.717) is 19.0 Å². The van der Waals surface area contributed by atoms with Crippen molar-refractivity contribution < 1.29 is 9.59 Å².